The van der Waals surface area contributed by atoms with Crippen molar-refractivity contribution in [1.29, 1.82) is 0 Å². The van der Waals surface area contributed by atoms with E-state index in [1.54, 1.807) is 0 Å². The molecule has 0 radical (unpaired) electrons. The van der Waals surface area contributed by atoms with Crippen LogP contribution < -0.4 is 0 Å². The number of alkyl halides is 3. The molecule has 0 saturated carbocycles. The lowest BCUT2D eigenvalue weighted by Crippen LogP contribution is -2.16. The molecule has 0 bridgehead atoms. The Kier molecular flexibility index (Phi) is 4.03. The fourth-order valence-electron chi connectivity index (χ4n) is 1.05. The van der Waals surface area contributed by atoms with Crippen molar-refractivity contribution in [2.24, 2.45) is 0 Å². The Balaban J connectivity index is 3.27. The Hall–Kier alpha value is -1.13. The summed E-state index contributed by atoms with van der Waals surface area (Å²) in [7, 11) is -1.68. The molecule has 0 N–H and O–H groups in total. The van der Waals surface area contributed by atoms with Crippen LogP contribution in [0.25, 0.3) is 0 Å². The predicted octanol–water partition coefficient (Wildman–Crippen LogP) is 3.59. The topological polar surface area (TPSA) is 30.0 Å². The SMILES string of the molecule is CC(=O)c1sc(C#C[Si](C)(C)C)nc1C(F)(F)F. The average molecular weight is 291 g/mol. The zero-order valence-electron chi connectivity index (χ0n) is 10.4. The quantitative estimate of drug-likeness (QED) is 0.449. The minimum Gasteiger partial charge on any atom is -0.294 e. The largest absolute Gasteiger partial charge is 0.434 e. The molecule has 0 aliphatic heterocycles. The van der Waals surface area contributed by atoms with E-state index in [9.17, 15) is 18.0 Å². The Morgan fingerprint density at radius 2 is 1.89 bits per heavy atom. The second kappa shape index (κ2) is 4.86. The third-order valence-corrected chi connectivity index (χ3v) is 3.71. The first-order chi connectivity index (χ1) is 8.00. The highest BCUT2D eigenvalue weighted by molar-refractivity contribution is 7.14. The molecule has 2 nitrogen and oxygen atoms in total. The van der Waals surface area contributed by atoms with Crippen LogP contribution in [-0.4, -0.2) is 18.8 Å². The van der Waals surface area contributed by atoms with Gasteiger partial charge in [-0.3, -0.25) is 4.79 Å². The van der Waals surface area contributed by atoms with Gasteiger partial charge < -0.3 is 0 Å². The number of halogens is 3. The molecule has 1 heterocycles. The van der Waals surface area contributed by atoms with Gasteiger partial charge in [0, 0.05) is 6.92 Å². The number of Topliss-reactive ketones (excluding diaryl/α,β-unsaturated/α-hetero) is 1. The molecule has 0 aromatic carbocycles. The highest BCUT2D eigenvalue weighted by atomic mass is 32.1. The summed E-state index contributed by atoms with van der Waals surface area (Å²) in [5.41, 5.74) is 1.80. The van der Waals surface area contributed by atoms with Gasteiger partial charge in [-0.15, -0.1) is 16.9 Å². The minimum atomic E-state index is -4.61. The zero-order chi connectivity index (χ0) is 14.1. The molecule has 98 valence electrons. The van der Waals surface area contributed by atoms with Crippen LogP contribution in [0.3, 0.4) is 0 Å². The maximum Gasteiger partial charge on any atom is 0.434 e. The van der Waals surface area contributed by atoms with Crippen LogP contribution >= 0.6 is 11.3 Å². The fraction of sp³-hybridized carbons (Fsp3) is 0.455. The molecule has 1 aromatic rings. The van der Waals surface area contributed by atoms with Gasteiger partial charge in [-0.1, -0.05) is 19.6 Å². The van der Waals surface area contributed by atoms with E-state index >= 15 is 0 Å². The second-order valence-electron chi connectivity index (χ2n) is 4.75. The van der Waals surface area contributed by atoms with Gasteiger partial charge in [-0.05, 0) is 5.92 Å². The summed E-state index contributed by atoms with van der Waals surface area (Å²) < 4.78 is 37.9. The van der Waals surface area contributed by atoms with Crippen LogP contribution in [0.15, 0.2) is 0 Å². The summed E-state index contributed by atoms with van der Waals surface area (Å²) in [6.07, 6.45) is -4.61. The number of nitrogens with zero attached hydrogens (tertiary/aromatic N) is 1. The number of hydrogen-bond acceptors (Lipinski definition) is 3. The maximum atomic E-state index is 12.6. The minimum absolute atomic E-state index is 0.0509. The number of ketones is 1. The van der Waals surface area contributed by atoms with E-state index in [1.165, 1.54) is 0 Å². The van der Waals surface area contributed by atoms with Crippen LogP contribution in [-0.2, 0) is 6.18 Å². The van der Waals surface area contributed by atoms with Crippen molar-refractivity contribution in [3.63, 3.8) is 0 Å². The number of thiazole rings is 1. The normalized spacial score (nSPS) is 11.9. The average Bonchev–Trinajstić information content (AvgIpc) is 2.56. The first-order valence-electron chi connectivity index (χ1n) is 5.13. The van der Waals surface area contributed by atoms with E-state index in [1.807, 2.05) is 19.6 Å². The van der Waals surface area contributed by atoms with Gasteiger partial charge >= 0.3 is 6.18 Å². The Bertz CT molecular complexity index is 531. The molecule has 0 aliphatic rings. The summed E-state index contributed by atoms with van der Waals surface area (Å²) in [5, 5.41) is 0.0509. The number of carbonyl (C=O) groups excluding carboxylic acids is 1. The lowest BCUT2D eigenvalue weighted by molar-refractivity contribution is -0.141. The van der Waals surface area contributed by atoms with Crippen molar-refractivity contribution in [3.8, 4) is 11.5 Å². The summed E-state index contributed by atoms with van der Waals surface area (Å²) >= 11 is 0.703. The van der Waals surface area contributed by atoms with Crippen LogP contribution in [0.2, 0.25) is 19.6 Å². The van der Waals surface area contributed by atoms with Crippen molar-refractivity contribution in [2.75, 3.05) is 0 Å². The number of aromatic nitrogens is 1. The van der Waals surface area contributed by atoms with Gasteiger partial charge in [0.1, 0.15) is 13.0 Å². The second-order valence-corrected chi connectivity index (χ2v) is 10.5. The van der Waals surface area contributed by atoms with E-state index in [0.29, 0.717) is 11.3 Å². The molecule has 0 saturated heterocycles. The van der Waals surface area contributed by atoms with Crippen molar-refractivity contribution < 1.29 is 18.0 Å². The van der Waals surface area contributed by atoms with Crippen molar-refractivity contribution in [1.82, 2.24) is 4.98 Å². The van der Waals surface area contributed by atoms with E-state index in [4.69, 9.17) is 0 Å². The van der Waals surface area contributed by atoms with Gasteiger partial charge in [-0.2, -0.15) is 13.2 Å². The van der Waals surface area contributed by atoms with E-state index in [2.05, 4.69) is 16.4 Å². The first-order valence-corrected chi connectivity index (χ1v) is 9.44. The highest BCUT2D eigenvalue weighted by Crippen LogP contribution is 2.34. The van der Waals surface area contributed by atoms with Gasteiger partial charge in [0.2, 0.25) is 0 Å². The summed E-state index contributed by atoms with van der Waals surface area (Å²) in [5.74, 6) is 2.00. The van der Waals surface area contributed by atoms with Gasteiger partial charge in [-0.25, -0.2) is 4.98 Å². The van der Waals surface area contributed by atoms with E-state index in [0.717, 1.165) is 6.92 Å². The molecule has 1 aromatic heterocycles. The molecule has 0 amide bonds. The molecular weight excluding hydrogens is 279 g/mol. The Labute approximate surface area is 108 Å². The van der Waals surface area contributed by atoms with Crippen LogP contribution in [0, 0.1) is 11.5 Å². The lowest BCUT2D eigenvalue weighted by atomic mass is 10.3. The summed E-state index contributed by atoms with van der Waals surface area (Å²) in [6.45, 7) is 7.02. The third kappa shape index (κ3) is 3.96. The molecule has 0 unspecified atom stereocenters. The van der Waals surface area contributed by atoms with Crippen molar-refractivity contribution >= 4 is 25.2 Å². The van der Waals surface area contributed by atoms with Crippen molar-refractivity contribution in [2.45, 2.75) is 32.7 Å². The molecule has 0 atom stereocenters. The molecule has 1 rings (SSSR count). The number of hydrogen-bond donors (Lipinski definition) is 0. The van der Waals surface area contributed by atoms with Crippen LogP contribution in [0.1, 0.15) is 27.3 Å². The molecular formula is C11H12F3NOSSi. The first kappa shape index (κ1) is 14.9. The third-order valence-electron chi connectivity index (χ3n) is 1.76. The Morgan fingerprint density at radius 3 is 2.22 bits per heavy atom. The standard InChI is InChI=1S/C11H12F3NOSSi/c1-7(16)9-10(11(12,13)14)15-8(17-9)5-6-18(2,3)4/h1-4H3. The van der Waals surface area contributed by atoms with E-state index < -0.39 is 25.7 Å². The molecule has 0 aliphatic carbocycles. The number of carbonyl (C=O) groups is 1. The molecule has 7 heteroatoms. The maximum absolute atomic E-state index is 12.6. The smallest absolute Gasteiger partial charge is 0.294 e. The van der Waals surface area contributed by atoms with E-state index in [-0.39, 0.29) is 9.88 Å². The molecule has 0 fully saturated rings. The Morgan fingerprint density at radius 1 is 1.33 bits per heavy atom. The van der Waals surface area contributed by atoms with Crippen LogP contribution in [0.5, 0.6) is 0 Å². The predicted molar refractivity (Wildman–Crippen MR) is 67.3 cm³/mol. The van der Waals surface area contributed by atoms with Gasteiger partial charge in [0.15, 0.2) is 16.5 Å². The van der Waals surface area contributed by atoms with Crippen molar-refractivity contribution in [3.05, 3.63) is 15.6 Å². The molecule has 0 spiro atoms. The zero-order valence-corrected chi connectivity index (χ0v) is 12.2. The lowest BCUT2D eigenvalue weighted by Gasteiger charge is -2.03. The highest BCUT2D eigenvalue weighted by Gasteiger charge is 2.38. The van der Waals surface area contributed by atoms with Crippen LogP contribution in [0.4, 0.5) is 13.2 Å². The number of rotatable bonds is 1. The summed E-state index contributed by atoms with van der Waals surface area (Å²) in [4.78, 5) is 14.2. The molecule has 18 heavy (non-hydrogen) atoms. The fourth-order valence-corrected chi connectivity index (χ4v) is 2.46. The van der Waals surface area contributed by atoms with Gasteiger partial charge in [0.25, 0.3) is 0 Å². The summed E-state index contributed by atoms with van der Waals surface area (Å²) in [6, 6.07) is 0. The monoisotopic (exact) mass is 291 g/mol. The van der Waals surface area contributed by atoms with Gasteiger partial charge in [0.05, 0.1) is 0 Å².